The molecule has 0 spiro atoms. The molecule has 3 aromatic rings. The van der Waals surface area contributed by atoms with Gasteiger partial charge in [-0.3, -0.25) is 9.78 Å². The lowest BCUT2D eigenvalue weighted by atomic mass is 10.00. The first-order chi connectivity index (χ1) is 10.6. The summed E-state index contributed by atoms with van der Waals surface area (Å²) in [7, 11) is 0. The highest BCUT2D eigenvalue weighted by molar-refractivity contribution is 6.16. The molecule has 0 fully saturated rings. The van der Waals surface area contributed by atoms with Gasteiger partial charge in [-0.2, -0.15) is 0 Å². The third kappa shape index (κ3) is 2.84. The Morgan fingerprint density at radius 3 is 2.45 bits per heavy atom. The molecular formula is C19H17NO2. The molecular weight excluding hydrogens is 274 g/mol. The Kier molecular flexibility index (Phi) is 3.88. The van der Waals surface area contributed by atoms with Crippen LogP contribution in [0.4, 0.5) is 0 Å². The van der Waals surface area contributed by atoms with Crippen molar-refractivity contribution in [3.05, 3.63) is 72.1 Å². The Morgan fingerprint density at radius 1 is 1.00 bits per heavy atom. The summed E-state index contributed by atoms with van der Waals surface area (Å²) in [6.07, 6.45) is 3.51. The monoisotopic (exact) mass is 291 g/mol. The Balaban J connectivity index is 1.96. The minimum Gasteiger partial charge on any atom is -0.491 e. The zero-order valence-corrected chi connectivity index (χ0v) is 12.6. The van der Waals surface area contributed by atoms with Crippen molar-refractivity contribution in [1.29, 1.82) is 0 Å². The molecule has 1 aromatic heterocycles. The van der Waals surface area contributed by atoms with E-state index in [1.54, 1.807) is 24.5 Å². The summed E-state index contributed by atoms with van der Waals surface area (Å²) in [6, 6.07) is 15.0. The van der Waals surface area contributed by atoms with E-state index in [2.05, 4.69) is 4.98 Å². The van der Waals surface area contributed by atoms with Crippen LogP contribution in [-0.4, -0.2) is 16.9 Å². The normalized spacial score (nSPS) is 10.9. The number of ether oxygens (including phenoxy) is 1. The van der Waals surface area contributed by atoms with E-state index in [9.17, 15) is 4.79 Å². The van der Waals surface area contributed by atoms with Gasteiger partial charge >= 0.3 is 0 Å². The maximum atomic E-state index is 12.7. The standard InChI is InChI=1S/C19H17NO2/c1-13(2)22-16-9-7-14(8-10-16)19(21)18-12-20-11-15-5-3-4-6-17(15)18/h3-13H,1-2H3. The van der Waals surface area contributed by atoms with Crippen molar-refractivity contribution in [2.45, 2.75) is 20.0 Å². The van der Waals surface area contributed by atoms with Crippen LogP contribution in [0.1, 0.15) is 29.8 Å². The molecule has 0 N–H and O–H groups in total. The van der Waals surface area contributed by atoms with E-state index in [0.717, 1.165) is 16.5 Å². The Hall–Kier alpha value is -2.68. The number of carbonyl (C=O) groups is 1. The first kappa shape index (κ1) is 14.3. The summed E-state index contributed by atoms with van der Waals surface area (Å²) >= 11 is 0. The molecule has 2 aromatic carbocycles. The topological polar surface area (TPSA) is 39.2 Å². The minimum atomic E-state index is -0.0274. The van der Waals surface area contributed by atoms with E-state index in [4.69, 9.17) is 4.74 Å². The van der Waals surface area contributed by atoms with Gasteiger partial charge in [0.2, 0.25) is 0 Å². The van der Waals surface area contributed by atoms with Gasteiger partial charge in [0.15, 0.2) is 5.78 Å². The van der Waals surface area contributed by atoms with E-state index in [0.29, 0.717) is 11.1 Å². The molecule has 1 heterocycles. The van der Waals surface area contributed by atoms with Crippen LogP contribution in [0.3, 0.4) is 0 Å². The van der Waals surface area contributed by atoms with Gasteiger partial charge in [0.25, 0.3) is 0 Å². The zero-order valence-electron chi connectivity index (χ0n) is 12.6. The highest BCUT2D eigenvalue weighted by Crippen LogP contribution is 2.21. The van der Waals surface area contributed by atoms with Gasteiger partial charge in [0.1, 0.15) is 5.75 Å². The number of hydrogen-bond acceptors (Lipinski definition) is 3. The first-order valence-electron chi connectivity index (χ1n) is 7.29. The number of nitrogens with zero attached hydrogens (tertiary/aromatic N) is 1. The van der Waals surface area contributed by atoms with Crippen molar-refractivity contribution < 1.29 is 9.53 Å². The fourth-order valence-corrected chi connectivity index (χ4v) is 2.41. The van der Waals surface area contributed by atoms with Crippen LogP contribution >= 0.6 is 0 Å². The Bertz CT molecular complexity index is 802. The third-order valence-corrected chi connectivity index (χ3v) is 3.40. The summed E-state index contributed by atoms with van der Waals surface area (Å²) in [5.74, 6) is 0.739. The quantitative estimate of drug-likeness (QED) is 0.674. The number of ketones is 1. The smallest absolute Gasteiger partial charge is 0.195 e. The number of fused-ring (bicyclic) bond motifs is 1. The van der Waals surface area contributed by atoms with Crippen LogP contribution < -0.4 is 4.74 Å². The van der Waals surface area contributed by atoms with Gasteiger partial charge in [0.05, 0.1) is 6.10 Å². The number of rotatable bonds is 4. The fourth-order valence-electron chi connectivity index (χ4n) is 2.41. The number of carbonyl (C=O) groups excluding carboxylic acids is 1. The third-order valence-electron chi connectivity index (χ3n) is 3.40. The highest BCUT2D eigenvalue weighted by atomic mass is 16.5. The molecule has 0 unspecified atom stereocenters. The van der Waals surface area contributed by atoms with Crippen LogP contribution in [0.5, 0.6) is 5.75 Å². The second-order valence-electron chi connectivity index (χ2n) is 5.43. The van der Waals surface area contributed by atoms with Crippen molar-refractivity contribution in [1.82, 2.24) is 4.98 Å². The van der Waals surface area contributed by atoms with Gasteiger partial charge in [0, 0.05) is 28.9 Å². The van der Waals surface area contributed by atoms with Crippen molar-refractivity contribution in [3.63, 3.8) is 0 Å². The lowest BCUT2D eigenvalue weighted by Gasteiger charge is -2.10. The van der Waals surface area contributed by atoms with Gasteiger partial charge in [-0.25, -0.2) is 0 Å². The summed E-state index contributed by atoms with van der Waals surface area (Å²) in [5.41, 5.74) is 1.25. The Morgan fingerprint density at radius 2 is 1.73 bits per heavy atom. The molecule has 0 bridgehead atoms. The summed E-state index contributed by atoms with van der Waals surface area (Å²) in [5, 5.41) is 1.89. The molecule has 110 valence electrons. The lowest BCUT2D eigenvalue weighted by molar-refractivity contribution is 0.104. The van der Waals surface area contributed by atoms with Crippen LogP contribution in [0.25, 0.3) is 10.8 Å². The van der Waals surface area contributed by atoms with E-state index < -0.39 is 0 Å². The first-order valence-corrected chi connectivity index (χ1v) is 7.29. The molecule has 0 atom stereocenters. The summed E-state index contributed by atoms with van der Waals surface area (Å²) in [4.78, 5) is 16.9. The minimum absolute atomic E-state index is 0.0274. The van der Waals surface area contributed by atoms with E-state index in [-0.39, 0.29) is 11.9 Å². The Labute approximate surface area is 129 Å². The van der Waals surface area contributed by atoms with Crippen molar-refractivity contribution in [2.24, 2.45) is 0 Å². The van der Waals surface area contributed by atoms with Crippen molar-refractivity contribution in [2.75, 3.05) is 0 Å². The number of pyridine rings is 1. The SMILES string of the molecule is CC(C)Oc1ccc(C(=O)c2cncc3ccccc23)cc1. The molecule has 0 amide bonds. The van der Waals surface area contributed by atoms with Gasteiger partial charge in [-0.05, 0) is 43.5 Å². The second kappa shape index (κ2) is 5.98. The maximum Gasteiger partial charge on any atom is 0.195 e. The van der Waals surface area contributed by atoms with Crippen molar-refractivity contribution in [3.8, 4) is 5.75 Å². The molecule has 0 aliphatic heterocycles. The molecule has 3 rings (SSSR count). The van der Waals surface area contributed by atoms with Crippen LogP contribution in [-0.2, 0) is 0 Å². The van der Waals surface area contributed by atoms with Crippen LogP contribution in [0.15, 0.2) is 60.9 Å². The predicted molar refractivity (Wildman–Crippen MR) is 87.4 cm³/mol. The summed E-state index contributed by atoms with van der Waals surface area (Å²) < 4.78 is 5.60. The van der Waals surface area contributed by atoms with Crippen LogP contribution in [0.2, 0.25) is 0 Å². The molecule has 22 heavy (non-hydrogen) atoms. The van der Waals surface area contributed by atoms with Gasteiger partial charge < -0.3 is 4.74 Å². The van der Waals surface area contributed by atoms with E-state index in [1.165, 1.54) is 0 Å². The predicted octanol–water partition coefficient (Wildman–Crippen LogP) is 4.25. The molecule has 0 radical (unpaired) electrons. The molecule has 3 heteroatoms. The van der Waals surface area contributed by atoms with Gasteiger partial charge in [-0.15, -0.1) is 0 Å². The molecule has 0 aliphatic rings. The number of aromatic nitrogens is 1. The summed E-state index contributed by atoms with van der Waals surface area (Å²) in [6.45, 7) is 3.95. The number of hydrogen-bond donors (Lipinski definition) is 0. The van der Waals surface area contributed by atoms with E-state index >= 15 is 0 Å². The second-order valence-corrected chi connectivity index (χ2v) is 5.43. The molecule has 3 nitrogen and oxygen atoms in total. The maximum absolute atomic E-state index is 12.7. The lowest BCUT2D eigenvalue weighted by Crippen LogP contribution is -2.06. The zero-order chi connectivity index (χ0) is 15.5. The average Bonchev–Trinajstić information content (AvgIpc) is 2.54. The molecule has 0 saturated carbocycles. The largest absolute Gasteiger partial charge is 0.491 e. The average molecular weight is 291 g/mol. The van der Waals surface area contributed by atoms with Crippen molar-refractivity contribution >= 4 is 16.6 Å². The van der Waals surface area contributed by atoms with E-state index in [1.807, 2.05) is 50.2 Å². The number of benzene rings is 2. The fraction of sp³-hybridized carbons (Fsp3) is 0.158. The van der Waals surface area contributed by atoms with Crippen LogP contribution in [0, 0.1) is 0 Å². The molecule has 0 saturated heterocycles. The van der Waals surface area contributed by atoms with Gasteiger partial charge in [-0.1, -0.05) is 24.3 Å². The highest BCUT2D eigenvalue weighted by Gasteiger charge is 2.13. The molecule has 0 aliphatic carbocycles.